The summed E-state index contributed by atoms with van der Waals surface area (Å²) in [4.78, 5) is 17.3. The molecule has 1 unspecified atom stereocenters. The van der Waals surface area contributed by atoms with Crippen LogP contribution in [0, 0.1) is 5.92 Å². The molecule has 3 heterocycles. The lowest BCUT2D eigenvalue weighted by Crippen LogP contribution is -2.30. The summed E-state index contributed by atoms with van der Waals surface area (Å²) in [6, 6.07) is 4.85. The van der Waals surface area contributed by atoms with Gasteiger partial charge in [0.2, 0.25) is 0 Å². The largest absolute Gasteiger partial charge is 0.416 e. The van der Waals surface area contributed by atoms with E-state index >= 15 is 0 Å². The molecule has 0 spiro atoms. The number of carbonyl (C=O) groups excluding carboxylic acids is 1. The van der Waals surface area contributed by atoms with Gasteiger partial charge in [0, 0.05) is 23.7 Å². The van der Waals surface area contributed by atoms with E-state index in [1.54, 1.807) is 5.38 Å². The van der Waals surface area contributed by atoms with Crippen molar-refractivity contribution in [3.63, 3.8) is 0 Å². The van der Waals surface area contributed by atoms with E-state index in [4.69, 9.17) is 0 Å². The van der Waals surface area contributed by atoms with E-state index in [1.165, 1.54) is 34.1 Å². The number of nitrogens with one attached hydrogen (secondary N) is 1. The number of fused-ring (bicyclic) bond motifs is 1. The number of rotatable bonds is 4. The van der Waals surface area contributed by atoms with Gasteiger partial charge in [-0.3, -0.25) is 9.20 Å². The molecule has 4 rings (SSSR count). The first kappa shape index (κ1) is 19.9. The fourth-order valence-electron chi connectivity index (χ4n) is 3.30. The molecular formula is C18H16F3N3O3S2. The number of amides is 1. The second-order valence-electron chi connectivity index (χ2n) is 6.96. The number of imidazole rings is 1. The van der Waals surface area contributed by atoms with Crippen LogP contribution in [0.15, 0.2) is 35.8 Å². The van der Waals surface area contributed by atoms with Gasteiger partial charge in [-0.05, 0) is 24.5 Å². The Kier molecular flexibility index (Phi) is 4.89. The summed E-state index contributed by atoms with van der Waals surface area (Å²) in [7, 11) is -3.02. The highest BCUT2D eigenvalue weighted by atomic mass is 32.2. The molecule has 0 saturated carbocycles. The van der Waals surface area contributed by atoms with E-state index in [1.807, 2.05) is 0 Å². The van der Waals surface area contributed by atoms with E-state index in [0.717, 1.165) is 12.1 Å². The third kappa shape index (κ3) is 4.15. The molecular weight excluding hydrogens is 427 g/mol. The molecule has 1 fully saturated rings. The highest BCUT2D eigenvalue weighted by molar-refractivity contribution is 7.91. The van der Waals surface area contributed by atoms with Crippen LogP contribution in [0.5, 0.6) is 0 Å². The zero-order chi connectivity index (χ0) is 20.8. The van der Waals surface area contributed by atoms with Gasteiger partial charge in [0.1, 0.15) is 5.69 Å². The standard InChI is InChI=1S/C18H16F3N3O3S2/c19-18(20,21)13-3-1-2-12(6-13)14-8-24-15(9-28-17(24)23-14)16(25)22-7-11-4-5-29(26,27)10-11/h1-3,6,8-9,11H,4-5,7,10H2,(H,22,25). The molecule has 6 nitrogen and oxygen atoms in total. The first-order valence-corrected chi connectivity index (χ1v) is 11.5. The first-order chi connectivity index (χ1) is 13.6. The summed E-state index contributed by atoms with van der Waals surface area (Å²) in [6.45, 7) is 0.255. The molecule has 0 aliphatic carbocycles. The van der Waals surface area contributed by atoms with Crippen molar-refractivity contribution in [1.82, 2.24) is 14.7 Å². The molecule has 29 heavy (non-hydrogen) atoms. The van der Waals surface area contributed by atoms with Crippen LogP contribution in [0.1, 0.15) is 22.5 Å². The van der Waals surface area contributed by atoms with Gasteiger partial charge < -0.3 is 5.32 Å². The molecule has 1 saturated heterocycles. The number of benzene rings is 1. The number of aromatic nitrogens is 2. The van der Waals surface area contributed by atoms with E-state index in [2.05, 4.69) is 10.3 Å². The summed E-state index contributed by atoms with van der Waals surface area (Å²) in [5.74, 6) is -0.287. The SMILES string of the molecule is O=C(NCC1CCS(=O)(=O)C1)c1csc2nc(-c3cccc(C(F)(F)F)c3)cn12. The van der Waals surface area contributed by atoms with Crippen LogP contribution in [0.25, 0.3) is 16.2 Å². The fourth-order valence-corrected chi connectivity index (χ4v) is 6.02. The van der Waals surface area contributed by atoms with Crippen molar-refractivity contribution in [2.24, 2.45) is 5.92 Å². The van der Waals surface area contributed by atoms with Gasteiger partial charge >= 0.3 is 6.18 Å². The number of carbonyl (C=O) groups is 1. The highest BCUT2D eigenvalue weighted by Crippen LogP contribution is 2.32. The van der Waals surface area contributed by atoms with Crippen molar-refractivity contribution in [3.8, 4) is 11.3 Å². The molecule has 1 amide bonds. The third-order valence-electron chi connectivity index (χ3n) is 4.81. The Hall–Kier alpha value is -2.40. The molecule has 3 aromatic rings. The minimum Gasteiger partial charge on any atom is -0.350 e. The second kappa shape index (κ2) is 7.13. The molecule has 11 heteroatoms. The third-order valence-corrected chi connectivity index (χ3v) is 7.48. The second-order valence-corrected chi connectivity index (χ2v) is 10.0. The Morgan fingerprint density at radius 1 is 1.34 bits per heavy atom. The van der Waals surface area contributed by atoms with Crippen LogP contribution >= 0.6 is 11.3 Å². The number of hydrogen-bond acceptors (Lipinski definition) is 5. The normalized spacial score (nSPS) is 18.9. The zero-order valence-corrected chi connectivity index (χ0v) is 16.6. The van der Waals surface area contributed by atoms with Crippen LogP contribution in [0.2, 0.25) is 0 Å². The van der Waals surface area contributed by atoms with Crippen molar-refractivity contribution in [2.45, 2.75) is 12.6 Å². The predicted octanol–water partition coefficient (Wildman–Crippen LogP) is 3.25. The van der Waals surface area contributed by atoms with Gasteiger partial charge in [-0.25, -0.2) is 13.4 Å². The maximum atomic E-state index is 12.9. The zero-order valence-electron chi connectivity index (χ0n) is 14.9. The van der Waals surface area contributed by atoms with Gasteiger partial charge in [0.25, 0.3) is 5.91 Å². The van der Waals surface area contributed by atoms with Crippen LogP contribution in [-0.2, 0) is 16.0 Å². The summed E-state index contributed by atoms with van der Waals surface area (Å²) < 4.78 is 63.4. The summed E-state index contributed by atoms with van der Waals surface area (Å²) >= 11 is 1.20. The maximum absolute atomic E-state index is 12.9. The van der Waals surface area contributed by atoms with Crippen LogP contribution in [-0.4, -0.2) is 41.8 Å². The molecule has 0 bridgehead atoms. The lowest BCUT2D eigenvalue weighted by atomic mass is 10.1. The Bertz CT molecular complexity index is 1180. The van der Waals surface area contributed by atoms with Crippen molar-refractivity contribution < 1.29 is 26.4 Å². The summed E-state index contributed by atoms with van der Waals surface area (Å²) in [5, 5.41) is 4.35. The summed E-state index contributed by atoms with van der Waals surface area (Å²) in [5.41, 5.74) is 0.171. The first-order valence-electron chi connectivity index (χ1n) is 8.75. The predicted molar refractivity (Wildman–Crippen MR) is 103 cm³/mol. The lowest BCUT2D eigenvalue weighted by Gasteiger charge is -2.09. The van der Waals surface area contributed by atoms with E-state index in [0.29, 0.717) is 28.3 Å². The van der Waals surface area contributed by atoms with E-state index in [-0.39, 0.29) is 29.9 Å². The number of nitrogens with zero attached hydrogens (tertiary/aromatic N) is 2. The smallest absolute Gasteiger partial charge is 0.350 e. The Morgan fingerprint density at radius 3 is 2.83 bits per heavy atom. The van der Waals surface area contributed by atoms with E-state index in [9.17, 15) is 26.4 Å². The monoisotopic (exact) mass is 443 g/mol. The lowest BCUT2D eigenvalue weighted by molar-refractivity contribution is -0.137. The molecule has 1 aromatic carbocycles. The minimum atomic E-state index is -4.45. The number of thiazole rings is 1. The maximum Gasteiger partial charge on any atom is 0.416 e. The topological polar surface area (TPSA) is 80.5 Å². The van der Waals surface area contributed by atoms with E-state index < -0.39 is 21.6 Å². The van der Waals surface area contributed by atoms with Gasteiger partial charge in [-0.2, -0.15) is 13.2 Å². The number of sulfone groups is 1. The molecule has 0 radical (unpaired) electrons. The minimum absolute atomic E-state index is 0.0666. The molecule has 154 valence electrons. The highest BCUT2D eigenvalue weighted by Gasteiger charge is 2.31. The van der Waals surface area contributed by atoms with Gasteiger partial charge in [-0.1, -0.05) is 12.1 Å². The van der Waals surface area contributed by atoms with Crippen LogP contribution in [0.4, 0.5) is 13.2 Å². The molecule has 1 atom stereocenters. The average Bonchev–Trinajstić information content (AvgIpc) is 3.32. The quantitative estimate of drug-likeness (QED) is 0.671. The molecule has 2 aromatic heterocycles. The Balaban J connectivity index is 1.54. The van der Waals surface area contributed by atoms with Gasteiger partial charge in [-0.15, -0.1) is 11.3 Å². The summed E-state index contributed by atoms with van der Waals surface area (Å²) in [6.07, 6.45) is -2.41. The number of alkyl halides is 3. The Morgan fingerprint density at radius 2 is 2.14 bits per heavy atom. The Labute approximate surface area is 168 Å². The van der Waals surface area contributed by atoms with Crippen molar-refractivity contribution in [1.29, 1.82) is 0 Å². The van der Waals surface area contributed by atoms with Crippen LogP contribution in [0.3, 0.4) is 0 Å². The molecule has 1 N–H and O–H groups in total. The number of hydrogen-bond donors (Lipinski definition) is 1. The van der Waals surface area contributed by atoms with Crippen molar-refractivity contribution in [2.75, 3.05) is 18.1 Å². The van der Waals surface area contributed by atoms with Crippen molar-refractivity contribution >= 4 is 32.0 Å². The molecule has 1 aliphatic rings. The van der Waals surface area contributed by atoms with Gasteiger partial charge in [0.05, 0.1) is 22.8 Å². The van der Waals surface area contributed by atoms with Crippen LogP contribution < -0.4 is 5.32 Å². The fraction of sp³-hybridized carbons (Fsp3) is 0.333. The van der Waals surface area contributed by atoms with Gasteiger partial charge in [0.15, 0.2) is 14.8 Å². The average molecular weight is 443 g/mol. The number of halogens is 3. The molecule has 1 aliphatic heterocycles. The van der Waals surface area contributed by atoms with Crippen molar-refractivity contribution in [3.05, 3.63) is 47.1 Å².